The number of rotatable bonds is 4. The molecule has 6 nitrogen and oxygen atoms in total. The van der Waals surface area contributed by atoms with Gasteiger partial charge in [0, 0.05) is 13.1 Å². The number of nitrogens with zero attached hydrogens (tertiary/aromatic N) is 2. The number of nitrogens with one attached hydrogen (secondary N) is 1. The van der Waals surface area contributed by atoms with Crippen LogP contribution in [0.1, 0.15) is 11.4 Å². The van der Waals surface area contributed by atoms with Crippen LogP contribution < -0.4 is 4.74 Å². The highest BCUT2D eigenvalue weighted by molar-refractivity contribution is 6.23. The van der Waals surface area contributed by atoms with Gasteiger partial charge >= 0.3 is 0 Å². The fraction of sp³-hybridized carbons (Fsp3) is 0.238. The van der Waals surface area contributed by atoms with Crippen molar-refractivity contribution < 1.29 is 18.7 Å². The molecule has 28 heavy (non-hydrogen) atoms. The van der Waals surface area contributed by atoms with Crippen LogP contribution in [0.25, 0.3) is 22.7 Å². The van der Waals surface area contributed by atoms with Gasteiger partial charge in [-0.1, -0.05) is 18.2 Å². The number of aromatic nitrogens is 2. The summed E-state index contributed by atoms with van der Waals surface area (Å²) in [6, 6.07) is 12.1. The maximum atomic E-state index is 14.1. The minimum Gasteiger partial charge on any atom is -0.494 e. The molecule has 1 aliphatic rings. The zero-order chi connectivity index (χ0) is 19.5. The third kappa shape index (κ3) is 3.61. The number of amides is 1. The molecular weight excluding hydrogens is 361 g/mol. The van der Waals surface area contributed by atoms with Crippen LogP contribution in [0, 0.1) is 5.82 Å². The predicted molar refractivity (Wildman–Crippen MR) is 104 cm³/mol. The van der Waals surface area contributed by atoms with Crippen molar-refractivity contribution in [2.75, 3.05) is 33.4 Å². The Morgan fingerprint density at radius 2 is 2.04 bits per heavy atom. The Morgan fingerprint density at radius 3 is 2.75 bits per heavy atom. The van der Waals surface area contributed by atoms with Crippen LogP contribution in [-0.2, 0) is 9.53 Å². The molecule has 0 spiro atoms. The van der Waals surface area contributed by atoms with Crippen molar-refractivity contribution in [2.45, 2.75) is 0 Å². The van der Waals surface area contributed by atoms with Crippen molar-refractivity contribution in [3.05, 3.63) is 59.7 Å². The van der Waals surface area contributed by atoms with Gasteiger partial charge < -0.3 is 19.4 Å². The fourth-order valence-corrected chi connectivity index (χ4v) is 3.19. The second kappa shape index (κ2) is 7.82. The normalized spacial score (nSPS) is 15.1. The number of hydrogen-bond donors (Lipinski definition) is 1. The summed E-state index contributed by atoms with van der Waals surface area (Å²) < 4.78 is 24.4. The molecule has 1 fully saturated rings. The number of imidazole rings is 1. The highest BCUT2D eigenvalue weighted by Gasteiger charge is 2.24. The Bertz CT molecular complexity index is 1010. The number of fused-ring (bicyclic) bond motifs is 1. The Labute approximate surface area is 161 Å². The zero-order valence-electron chi connectivity index (χ0n) is 15.4. The smallest absolute Gasteiger partial charge is 0.257 e. The van der Waals surface area contributed by atoms with E-state index in [0.717, 1.165) is 11.0 Å². The first-order valence-corrected chi connectivity index (χ1v) is 9.03. The molecule has 3 aromatic rings. The molecule has 2 aromatic carbocycles. The standard InChI is InChI=1S/C21H20FN3O3/c1-27-19-7-6-14(13-16(19)22)12-15(21(26)25-8-10-28-11-9-25)20-23-17-4-2-3-5-18(17)24-20/h2-7,12-13H,8-11H2,1H3,(H,23,24)/b15-12+. The summed E-state index contributed by atoms with van der Waals surface area (Å²) in [6.45, 7) is 2.01. The number of carbonyl (C=O) groups excluding carboxylic acids is 1. The lowest BCUT2D eigenvalue weighted by molar-refractivity contribution is -0.128. The van der Waals surface area contributed by atoms with E-state index in [1.807, 2.05) is 24.3 Å². The molecule has 0 radical (unpaired) electrons. The number of aromatic amines is 1. The van der Waals surface area contributed by atoms with Gasteiger partial charge in [-0.2, -0.15) is 0 Å². The van der Waals surface area contributed by atoms with Crippen molar-refractivity contribution in [1.82, 2.24) is 14.9 Å². The average Bonchev–Trinajstić information content (AvgIpc) is 3.16. The second-order valence-electron chi connectivity index (χ2n) is 6.46. The van der Waals surface area contributed by atoms with Gasteiger partial charge in [0.25, 0.3) is 5.91 Å². The van der Waals surface area contributed by atoms with Gasteiger partial charge in [0.05, 0.1) is 36.9 Å². The molecule has 4 rings (SSSR count). The summed E-state index contributed by atoms with van der Waals surface area (Å²) >= 11 is 0. The van der Waals surface area contributed by atoms with E-state index in [9.17, 15) is 9.18 Å². The first-order valence-electron chi connectivity index (χ1n) is 9.03. The minimum absolute atomic E-state index is 0.155. The van der Waals surface area contributed by atoms with Crippen LogP contribution in [0.3, 0.4) is 0 Å². The van der Waals surface area contributed by atoms with Crippen LogP contribution in [0.4, 0.5) is 4.39 Å². The Kier molecular flexibility index (Phi) is 5.08. The maximum Gasteiger partial charge on any atom is 0.257 e. The highest BCUT2D eigenvalue weighted by atomic mass is 19.1. The molecule has 0 atom stereocenters. The van der Waals surface area contributed by atoms with Gasteiger partial charge in [0.2, 0.25) is 0 Å². The summed E-state index contributed by atoms with van der Waals surface area (Å²) in [7, 11) is 1.41. The topological polar surface area (TPSA) is 67.4 Å². The van der Waals surface area contributed by atoms with Crippen LogP contribution in [0.5, 0.6) is 5.75 Å². The van der Waals surface area contributed by atoms with Gasteiger partial charge in [-0.25, -0.2) is 9.37 Å². The zero-order valence-corrected chi connectivity index (χ0v) is 15.4. The van der Waals surface area contributed by atoms with E-state index in [1.54, 1.807) is 17.0 Å². The maximum absolute atomic E-state index is 14.1. The third-order valence-corrected chi connectivity index (χ3v) is 4.66. The summed E-state index contributed by atoms with van der Waals surface area (Å²) in [6.07, 6.45) is 1.65. The Hall–Kier alpha value is -3.19. The van der Waals surface area contributed by atoms with Gasteiger partial charge in [-0.3, -0.25) is 4.79 Å². The molecule has 7 heteroatoms. The monoisotopic (exact) mass is 381 g/mol. The molecule has 1 saturated heterocycles. The predicted octanol–water partition coefficient (Wildman–Crippen LogP) is 3.11. The second-order valence-corrected chi connectivity index (χ2v) is 6.46. The minimum atomic E-state index is -0.487. The molecule has 144 valence electrons. The number of methoxy groups -OCH3 is 1. The number of H-pyrrole nitrogens is 1. The number of benzene rings is 2. The van der Waals surface area contributed by atoms with Crippen molar-refractivity contribution in [2.24, 2.45) is 0 Å². The van der Waals surface area contributed by atoms with Crippen molar-refractivity contribution in [1.29, 1.82) is 0 Å². The SMILES string of the molecule is COc1ccc(/C=C(/C(=O)N2CCOCC2)c2nc3ccccc3[nH]2)cc1F. The van der Waals surface area contributed by atoms with E-state index in [4.69, 9.17) is 9.47 Å². The van der Waals surface area contributed by atoms with Crippen LogP contribution in [0.15, 0.2) is 42.5 Å². The molecule has 1 aliphatic heterocycles. The lowest BCUT2D eigenvalue weighted by atomic mass is 10.1. The van der Waals surface area contributed by atoms with Crippen LogP contribution >= 0.6 is 0 Å². The van der Waals surface area contributed by atoms with Gasteiger partial charge in [-0.15, -0.1) is 0 Å². The summed E-state index contributed by atoms with van der Waals surface area (Å²) in [5.74, 6) is -0.0477. The number of carbonyl (C=O) groups is 1. The van der Waals surface area contributed by atoms with Crippen LogP contribution in [-0.4, -0.2) is 54.2 Å². The first kappa shape index (κ1) is 18.2. The molecule has 1 aromatic heterocycles. The molecule has 1 N–H and O–H groups in total. The van der Waals surface area contributed by atoms with Gasteiger partial charge in [0.1, 0.15) is 5.82 Å². The largest absolute Gasteiger partial charge is 0.494 e. The molecule has 0 aliphatic carbocycles. The van der Waals surface area contributed by atoms with Crippen molar-refractivity contribution in [3.8, 4) is 5.75 Å². The van der Waals surface area contributed by atoms with Crippen molar-refractivity contribution in [3.63, 3.8) is 0 Å². The third-order valence-electron chi connectivity index (χ3n) is 4.66. The number of ether oxygens (including phenoxy) is 2. The lowest BCUT2D eigenvalue weighted by Gasteiger charge is -2.27. The van der Waals surface area contributed by atoms with Crippen LogP contribution in [0.2, 0.25) is 0 Å². The van der Waals surface area contributed by atoms with Crippen molar-refractivity contribution >= 4 is 28.6 Å². The quantitative estimate of drug-likeness (QED) is 0.705. The number of morpholine rings is 1. The van der Waals surface area contributed by atoms with E-state index >= 15 is 0 Å². The van der Waals surface area contributed by atoms with E-state index in [0.29, 0.717) is 43.3 Å². The summed E-state index contributed by atoms with van der Waals surface area (Å²) in [5, 5.41) is 0. The molecule has 0 unspecified atom stereocenters. The summed E-state index contributed by atoms with van der Waals surface area (Å²) in [5.41, 5.74) is 2.52. The molecular formula is C21H20FN3O3. The number of halogens is 1. The average molecular weight is 381 g/mol. The summed E-state index contributed by atoms with van der Waals surface area (Å²) in [4.78, 5) is 22.7. The molecule has 2 heterocycles. The number of para-hydroxylation sites is 2. The lowest BCUT2D eigenvalue weighted by Crippen LogP contribution is -2.41. The van der Waals surface area contributed by atoms with E-state index < -0.39 is 5.82 Å². The molecule has 0 saturated carbocycles. The first-order chi connectivity index (χ1) is 13.7. The van der Waals surface area contributed by atoms with Gasteiger partial charge in [0.15, 0.2) is 11.6 Å². The number of hydrogen-bond acceptors (Lipinski definition) is 4. The van der Waals surface area contributed by atoms with E-state index in [2.05, 4.69) is 9.97 Å². The Balaban J connectivity index is 1.78. The molecule has 0 bridgehead atoms. The Morgan fingerprint density at radius 1 is 1.25 bits per heavy atom. The van der Waals surface area contributed by atoms with E-state index in [-0.39, 0.29) is 11.7 Å². The fourth-order valence-electron chi connectivity index (χ4n) is 3.19. The molecule has 1 amide bonds. The van der Waals surface area contributed by atoms with E-state index in [1.165, 1.54) is 19.2 Å². The highest BCUT2D eigenvalue weighted by Crippen LogP contribution is 2.25. The van der Waals surface area contributed by atoms with Gasteiger partial charge in [-0.05, 0) is 35.9 Å².